The van der Waals surface area contributed by atoms with Crippen molar-refractivity contribution in [3.8, 4) is 0 Å². The van der Waals surface area contributed by atoms with Crippen molar-refractivity contribution in [3.05, 3.63) is 0 Å². The molecule has 1 atom stereocenters. The van der Waals surface area contributed by atoms with Gasteiger partial charge < -0.3 is 15.7 Å². The summed E-state index contributed by atoms with van der Waals surface area (Å²) < 4.78 is 0. The largest absolute Gasteiger partial charge is 0.395 e. The number of aliphatic hydroxyl groups excluding tert-OH is 1. The Bertz CT molecular complexity index is 169. The van der Waals surface area contributed by atoms with Gasteiger partial charge >= 0.3 is 0 Å². The molecule has 1 fully saturated rings. The maximum absolute atomic E-state index is 9.06. The van der Waals surface area contributed by atoms with Crippen molar-refractivity contribution < 1.29 is 5.11 Å². The molecule has 0 radical (unpaired) electrons. The fourth-order valence-corrected chi connectivity index (χ4v) is 2.55. The van der Waals surface area contributed by atoms with Crippen LogP contribution in [0.25, 0.3) is 0 Å². The maximum atomic E-state index is 9.06. The Kier molecular flexibility index (Phi) is 12.4. The molecular formula is C14H32N2OS. The van der Waals surface area contributed by atoms with E-state index < -0.39 is 0 Å². The van der Waals surface area contributed by atoms with Crippen LogP contribution in [0.4, 0.5) is 0 Å². The number of hydrogen-bond acceptors (Lipinski definition) is 3. The first-order valence-electron chi connectivity index (χ1n) is 7.44. The third-order valence-electron chi connectivity index (χ3n) is 3.81. The van der Waals surface area contributed by atoms with E-state index in [-0.39, 0.29) is 26.1 Å². The molecule has 0 heterocycles. The SMILES string of the molecule is CC[C@@H](CO)NCCNC1CCCCCCC1.S. The van der Waals surface area contributed by atoms with Gasteiger partial charge in [0, 0.05) is 25.2 Å². The van der Waals surface area contributed by atoms with Gasteiger partial charge in [0.1, 0.15) is 0 Å². The highest BCUT2D eigenvalue weighted by molar-refractivity contribution is 7.59. The van der Waals surface area contributed by atoms with E-state index in [1.165, 1.54) is 44.9 Å². The lowest BCUT2D eigenvalue weighted by Crippen LogP contribution is -2.40. The quantitative estimate of drug-likeness (QED) is 0.624. The van der Waals surface area contributed by atoms with Crippen molar-refractivity contribution in [3.63, 3.8) is 0 Å². The van der Waals surface area contributed by atoms with Gasteiger partial charge in [-0.1, -0.05) is 39.0 Å². The van der Waals surface area contributed by atoms with Crippen LogP contribution < -0.4 is 10.6 Å². The molecule has 0 unspecified atom stereocenters. The number of nitrogens with one attached hydrogen (secondary N) is 2. The molecule has 3 N–H and O–H groups in total. The highest BCUT2D eigenvalue weighted by atomic mass is 32.1. The second-order valence-electron chi connectivity index (χ2n) is 5.24. The van der Waals surface area contributed by atoms with Gasteiger partial charge in [-0.2, -0.15) is 13.5 Å². The molecule has 1 rings (SSSR count). The van der Waals surface area contributed by atoms with Crippen LogP contribution in [0.2, 0.25) is 0 Å². The number of aliphatic hydroxyl groups is 1. The Labute approximate surface area is 120 Å². The summed E-state index contributed by atoms with van der Waals surface area (Å²) in [5.41, 5.74) is 0. The van der Waals surface area contributed by atoms with Gasteiger partial charge in [-0.15, -0.1) is 0 Å². The zero-order valence-electron chi connectivity index (χ0n) is 11.9. The highest BCUT2D eigenvalue weighted by Gasteiger charge is 2.10. The molecule has 110 valence electrons. The second kappa shape index (κ2) is 12.3. The summed E-state index contributed by atoms with van der Waals surface area (Å²) in [7, 11) is 0. The summed E-state index contributed by atoms with van der Waals surface area (Å²) in [6.07, 6.45) is 10.7. The Morgan fingerprint density at radius 3 is 2.22 bits per heavy atom. The molecule has 0 aromatic carbocycles. The zero-order valence-corrected chi connectivity index (χ0v) is 12.9. The van der Waals surface area contributed by atoms with Crippen LogP contribution in [-0.2, 0) is 0 Å². The highest BCUT2D eigenvalue weighted by Crippen LogP contribution is 2.16. The summed E-state index contributed by atoms with van der Waals surface area (Å²) in [6.45, 7) is 4.35. The van der Waals surface area contributed by atoms with Crippen molar-refractivity contribution in [1.82, 2.24) is 10.6 Å². The minimum atomic E-state index is 0. The molecule has 1 aliphatic carbocycles. The van der Waals surface area contributed by atoms with E-state index >= 15 is 0 Å². The molecule has 0 aromatic rings. The Hall–Kier alpha value is 0.230. The molecule has 0 aliphatic heterocycles. The first-order chi connectivity index (χ1) is 8.36. The van der Waals surface area contributed by atoms with Crippen molar-refractivity contribution in [2.24, 2.45) is 0 Å². The van der Waals surface area contributed by atoms with E-state index in [1.807, 2.05) is 0 Å². The van der Waals surface area contributed by atoms with Gasteiger partial charge in [0.15, 0.2) is 0 Å². The van der Waals surface area contributed by atoms with E-state index in [0.717, 1.165) is 25.6 Å². The number of rotatable bonds is 7. The standard InChI is InChI=1S/C14H30N2O.H2S/c1-2-13(12-17)15-10-11-16-14-8-6-4-3-5-7-9-14;/h13-17H,2-12H2,1H3;1H2/t13-;/m0./s1. The topological polar surface area (TPSA) is 44.3 Å². The van der Waals surface area contributed by atoms with Gasteiger partial charge in [0.05, 0.1) is 6.61 Å². The predicted molar refractivity (Wildman–Crippen MR) is 83.7 cm³/mol. The smallest absolute Gasteiger partial charge is 0.0584 e. The summed E-state index contributed by atoms with van der Waals surface area (Å²) in [5.74, 6) is 0. The molecule has 1 saturated carbocycles. The lowest BCUT2D eigenvalue weighted by molar-refractivity contribution is 0.238. The minimum absolute atomic E-state index is 0. The molecule has 0 aromatic heterocycles. The van der Waals surface area contributed by atoms with E-state index in [2.05, 4.69) is 17.6 Å². The van der Waals surface area contributed by atoms with Crippen molar-refractivity contribution >= 4 is 13.5 Å². The lowest BCUT2D eigenvalue weighted by atomic mass is 9.97. The van der Waals surface area contributed by atoms with Crippen molar-refractivity contribution in [2.75, 3.05) is 19.7 Å². The Morgan fingerprint density at radius 1 is 1.06 bits per heavy atom. The summed E-state index contributed by atoms with van der Waals surface area (Å²) in [6, 6.07) is 1.00. The van der Waals surface area contributed by atoms with Gasteiger partial charge in [-0.3, -0.25) is 0 Å². The van der Waals surface area contributed by atoms with Crippen LogP contribution in [0.5, 0.6) is 0 Å². The molecule has 3 nitrogen and oxygen atoms in total. The van der Waals surface area contributed by atoms with Gasteiger partial charge in [-0.25, -0.2) is 0 Å². The Morgan fingerprint density at radius 2 is 1.67 bits per heavy atom. The van der Waals surface area contributed by atoms with Crippen LogP contribution in [0.3, 0.4) is 0 Å². The fourth-order valence-electron chi connectivity index (χ4n) is 2.55. The van der Waals surface area contributed by atoms with Gasteiger partial charge in [-0.05, 0) is 19.3 Å². The first-order valence-corrected chi connectivity index (χ1v) is 7.44. The molecule has 0 saturated heterocycles. The molecule has 0 amide bonds. The molecule has 1 aliphatic rings. The molecule has 18 heavy (non-hydrogen) atoms. The van der Waals surface area contributed by atoms with Gasteiger partial charge in [0.2, 0.25) is 0 Å². The average molecular weight is 276 g/mol. The van der Waals surface area contributed by atoms with Gasteiger partial charge in [0.25, 0.3) is 0 Å². The molecule has 0 spiro atoms. The maximum Gasteiger partial charge on any atom is 0.0584 e. The van der Waals surface area contributed by atoms with E-state index in [9.17, 15) is 0 Å². The first kappa shape index (κ1) is 18.2. The van der Waals surface area contributed by atoms with E-state index in [0.29, 0.717) is 0 Å². The minimum Gasteiger partial charge on any atom is -0.395 e. The van der Waals surface area contributed by atoms with Crippen LogP contribution in [0, 0.1) is 0 Å². The number of hydrogen-bond donors (Lipinski definition) is 3. The summed E-state index contributed by atoms with van der Waals surface area (Å²) in [4.78, 5) is 0. The van der Waals surface area contributed by atoms with Crippen LogP contribution in [0.15, 0.2) is 0 Å². The van der Waals surface area contributed by atoms with Crippen LogP contribution in [-0.4, -0.2) is 36.9 Å². The Balaban J connectivity index is 0.00000289. The second-order valence-corrected chi connectivity index (χ2v) is 5.24. The van der Waals surface area contributed by atoms with Crippen LogP contribution >= 0.6 is 13.5 Å². The van der Waals surface area contributed by atoms with Crippen LogP contribution in [0.1, 0.15) is 58.3 Å². The average Bonchev–Trinajstić information content (AvgIpc) is 2.31. The fraction of sp³-hybridized carbons (Fsp3) is 1.00. The normalized spacial score (nSPS) is 19.7. The molecular weight excluding hydrogens is 244 g/mol. The third-order valence-corrected chi connectivity index (χ3v) is 3.81. The van der Waals surface area contributed by atoms with E-state index in [4.69, 9.17) is 5.11 Å². The third kappa shape index (κ3) is 8.35. The van der Waals surface area contributed by atoms with Crippen molar-refractivity contribution in [2.45, 2.75) is 70.4 Å². The monoisotopic (exact) mass is 276 g/mol. The summed E-state index contributed by atoms with van der Waals surface area (Å²) >= 11 is 0. The zero-order chi connectivity index (χ0) is 12.3. The molecule has 0 bridgehead atoms. The van der Waals surface area contributed by atoms with Crippen molar-refractivity contribution in [1.29, 1.82) is 0 Å². The predicted octanol–water partition coefficient (Wildman–Crippen LogP) is 2.16. The molecule has 4 heteroatoms. The van der Waals surface area contributed by atoms with E-state index in [1.54, 1.807) is 0 Å². The summed E-state index contributed by atoms with van der Waals surface area (Å²) in [5, 5.41) is 16.1. The lowest BCUT2D eigenvalue weighted by Gasteiger charge is -2.22.